The van der Waals surface area contributed by atoms with Gasteiger partial charge in [0.25, 0.3) is 0 Å². The third kappa shape index (κ3) is 5.11. The first-order chi connectivity index (χ1) is 10.3. The number of amides is 1. The molecule has 1 heterocycles. The molecule has 0 saturated carbocycles. The number of carbonyl (C=O) groups excluding carboxylic acids is 1. The monoisotopic (exact) mass is 283 g/mol. The van der Waals surface area contributed by atoms with Crippen LogP contribution in [0.25, 0.3) is 0 Å². The van der Waals surface area contributed by atoms with Crippen molar-refractivity contribution < 1.29 is 9.32 Å². The number of nitrogens with one attached hydrogen (secondary N) is 1. The molecule has 0 radical (unpaired) electrons. The molecular weight excluding hydrogens is 266 g/mol. The third-order valence-electron chi connectivity index (χ3n) is 3.17. The van der Waals surface area contributed by atoms with E-state index in [4.69, 9.17) is 9.78 Å². The molecule has 0 saturated heterocycles. The highest BCUT2D eigenvalue weighted by atomic mass is 16.5. The zero-order valence-corrected chi connectivity index (χ0v) is 11.7. The van der Waals surface area contributed by atoms with Gasteiger partial charge in [-0.15, -0.1) is 0 Å². The molecule has 0 aliphatic carbocycles. The first-order valence-corrected chi connectivity index (χ1v) is 6.92. The Kier molecular flexibility index (Phi) is 5.53. The predicted molar refractivity (Wildman–Crippen MR) is 77.3 cm³/mol. The summed E-state index contributed by atoms with van der Waals surface area (Å²) in [5.41, 5.74) is 2.74. The maximum absolute atomic E-state index is 11.7. The normalized spacial score (nSPS) is 10.0. The average Bonchev–Trinajstić information content (AvgIpc) is 3.03. The number of carbonyl (C=O) groups is 1. The average molecular weight is 283 g/mol. The van der Waals surface area contributed by atoms with Crippen molar-refractivity contribution in [1.82, 2.24) is 10.5 Å². The van der Waals surface area contributed by atoms with Crippen LogP contribution in [0.2, 0.25) is 0 Å². The minimum absolute atomic E-state index is 0.0460. The van der Waals surface area contributed by atoms with Crippen LogP contribution in [-0.2, 0) is 17.6 Å². The lowest BCUT2D eigenvalue weighted by Gasteiger charge is -2.05. The van der Waals surface area contributed by atoms with E-state index in [0.29, 0.717) is 24.9 Å². The predicted octanol–water partition coefficient (Wildman–Crippen LogP) is 2.23. The van der Waals surface area contributed by atoms with E-state index in [2.05, 4.69) is 16.5 Å². The lowest BCUT2D eigenvalue weighted by molar-refractivity contribution is -0.121. The van der Waals surface area contributed by atoms with Crippen LogP contribution in [0.5, 0.6) is 0 Å². The Morgan fingerprint density at radius 3 is 2.71 bits per heavy atom. The Morgan fingerprint density at radius 1 is 1.24 bits per heavy atom. The summed E-state index contributed by atoms with van der Waals surface area (Å²) in [5, 5.41) is 15.2. The Balaban J connectivity index is 1.61. The summed E-state index contributed by atoms with van der Waals surface area (Å²) in [6.45, 7) is 0.650. The molecule has 21 heavy (non-hydrogen) atoms. The number of benzene rings is 1. The number of aryl methyl sites for hydroxylation is 2. The molecule has 2 aromatic rings. The standard InChI is InChI=1S/C16H17N3O2/c17-10-14-5-3-13(4-6-14)7-8-16(20)18-9-1-2-15-11-19-21-12-15/h3-6,11-12H,1-2,7-9H2,(H,18,20). The Bertz CT molecular complexity index is 597. The van der Waals surface area contributed by atoms with Crippen LogP contribution in [0.1, 0.15) is 29.5 Å². The molecule has 0 unspecified atom stereocenters. The van der Waals surface area contributed by atoms with Gasteiger partial charge in [-0.05, 0) is 37.0 Å². The van der Waals surface area contributed by atoms with Crippen molar-refractivity contribution in [3.05, 3.63) is 53.4 Å². The Labute approximate surface area is 123 Å². The van der Waals surface area contributed by atoms with Gasteiger partial charge in [0.1, 0.15) is 6.26 Å². The fourth-order valence-electron chi connectivity index (χ4n) is 1.96. The van der Waals surface area contributed by atoms with Gasteiger partial charge in [-0.25, -0.2) is 0 Å². The summed E-state index contributed by atoms with van der Waals surface area (Å²) in [6, 6.07) is 9.39. The smallest absolute Gasteiger partial charge is 0.220 e. The van der Waals surface area contributed by atoms with E-state index < -0.39 is 0 Å². The van der Waals surface area contributed by atoms with Crippen LogP contribution in [0.4, 0.5) is 0 Å². The molecule has 1 aromatic carbocycles. The minimum Gasteiger partial charge on any atom is -0.364 e. The van der Waals surface area contributed by atoms with Crippen LogP contribution in [0, 0.1) is 11.3 Å². The second kappa shape index (κ2) is 7.85. The largest absolute Gasteiger partial charge is 0.364 e. The topological polar surface area (TPSA) is 78.9 Å². The fraction of sp³-hybridized carbons (Fsp3) is 0.312. The molecule has 0 bridgehead atoms. The van der Waals surface area contributed by atoms with Crippen molar-refractivity contribution >= 4 is 5.91 Å². The highest BCUT2D eigenvalue weighted by Crippen LogP contribution is 2.06. The molecule has 0 aliphatic heterocycles. The zero-order valence-electron chi connectivity index (χ0n) is 11.7. The third-order valence-corrected chi connectivity index (χ3v) is 3.17. The van der Waals surface area contributed by atoms with Gasteiger partial charge in [-0.3, -0.25) is 4.79 Å². The molecule has 1 N–H and O–H groups in total. The van der Waals surface area contributed by atoms with E-state index in [1.165, 1.54) is 0 Å². The Morgan fingerprint density at radius 2 is 2.05 bits per heavy atom. The molecule has 0 spiro atoms. The van der Waals surface area contributed by atoms with Crippen molar-refractivity contribution in [1.29, 1.82) is 5.26 Å². The number of hydrogen-bond donors (Lipinski definition) is 1. The summed E-state index contributed by atoms with van der Waals surface area (Å²) in [6.07, 6.45) is 6.16. The van der Waals surface area contributed by atoms with Gasteiger partial charge < -0.3 is 9.84 Å². The summed E-state index contributed by atoms with van der Waals surface area (Å²) in [5.74, 6) is 0.0460. The van der Waals surface area contributed by atoms with Crippen LogP contribution >= 0.6 is 0 Å². The van der Waals surface area contributed by atoms with E-state index >= 15 is 0 Å². The number of nitrogens with zero attached hydrogens (tertiary/aromatic N) is 2. The molecule has 1 aromatic heterocycles. The molecule has 0 fully saturated rings. The van der Waals surface area contributed by atoms with E-state index in [1.807, 2.05) is 12.1 Å². The first-order valence-electron chi connectivity index (χ1n) is 6.92. The van der Waals surface area contributed by atoms with E-state index in [-0.39, 0.29) is 5.91 Å². The fourth-order valence-corrected chi connectivity index (χ4v) is 1.96. The summed E-state index contributed by atoms with van der Waals surface area (Å²) < 4.78 is 4.74. The second-order valence-electron chi connectivity index (χ2n) is 4.79. The Hall–Kier alpha value is -2.61. The molecular formula is C16H17N3O2. The summed E-state index contributed by atoms with van der Waals surface area (Å²) in [7, 11) is 0. The van der Waals surface area contributed by atoms with E-state index in [0.717, 1.165) is 24.0 Å². The van der Waals surface area contributed by atoms with Crippen LogP contribution in [0.15, 0.2) is 41.2 Å². The summed E-state index contributed by atoms with van der Waals surface area (Å²) in [4.78, 5) is 11.7. The lowest BCUT2D eigenvalue weighted by Crippen LogP contribution is -2.24. The van der Waals surface area contributed by atoms with E-state index in [9.17, 15) is 4.79 Å². The maximum atomic E-state index is 11.7. The van der Waals surface area contributed by atoms with Crippen molar-refractivity contribution in [3.63, 3.8) is 0 Å². The van der Waals surface area contributed by atoms with Crippen molar-refractivity contribution in [2.75, 3.05) is 6.54 Å². The van der Waals surface area contributed by atoms with Gasteiger partial charge in [-0.2, -0.15) is 5.26 Å². The molecule has 0 atom stereocenters. The van der Waals surface area contributed by atoms with Gasteiger partial charge >= 0.3 is 0 Å². The number of aromatic nitrogens is 1. The number of nitriles is 1. The van der Waals surface area contributed by atoms with Gasteiger partial charge in [0, 0.05) is 18.5 Å². The second-order valence-corrected chi connectivity index (χ2v) is 4.79. The lowest BCUT2D eigenvalue weighted by atomic mass is 10.1. The van der Waals surface area contributed by atoms with Crippen molar-refractivity contribution in [3.8, 4) is 6.07 Å². The number of hydrogen-bond acceptors (Lipinski definition) is 4. The van der Waals surface area contributed by atoms with Crippen molar-refractivity contribution in [2.45, 2.75) is 25.7 Å². The molecule has 2 rings (SSSR count). The van der Waals surface area contributed by atoms with Crippen LogP contribution in [-0.4, -0.2) is 17.6 Å². The van der Waals surface area contributed by atoms with Crippen LogP contribution < -0.4 is 5.32 Å². The SMILES string of the molecule is N#Cc1ccc(CCC(=O)NCCCc2cnoc2)cc1. The minimum atomic E-state index is 0.0460. The highest BCUT2D eigenvalue weighted by molar-refractivity contribution is 5.76. The number of rotatable bonds is 7. The highest BCUT2D eigenvalue weighted by Gasteiger charge is 2.02. The first kappa shape index (κ1) is 14.8. The van der Waals surface area contributed by atoms with Gasteiger partial charge in [-0.1, -0.05) is 17.3 Å². The molecule has 5 nitrogen and oxygen atoms in total. The molecule has 108 valence electrons. The summed E-state index contributed by atoms with van der Waals surface area (Å²) >= 11 is 0. The molecule has 0 aliphatic rings. The molecule has 5 heteroatoms. The van der Waals surface area contributed by atoms with Crippen molar-refractivity contribution in [2.24, 2.45) is 0 Å². The van der Waals surface area contributed by atoms with E-state index in [1.54, 1.807) is 24.6 Å². The zero-order chi connectivity index (χ0) is 14.9. The molecule has 1 amide bonds. The van der Waals surface area contributed by atoms with Gasteiger partial charge in [0.05, 0.1) is 17.8 Å². The van der Waals surface area contributed by atoms with Gasteiger partial charge in [0.2, 0.25) is 5.91 Å². The maximum Gasteiger partial charge on any atom is 0.220 e. The van der Waals surface area contributed by atoms with Crippen LogP contribution in [0.3, 0.4) is 0 Å². The van der Waals surface area contributed by atoms with Gasteiger partial charge in [0.15, 0.2) is 0 Å². The quantitative estimate of drug-likeness (QED) is 0.790.